The summed E-state index contributed by atoms with van der Waals surface area (Å²) in [6.07, 6.45) is 0.872. The van der Waals surface area contributed by atoms with Gasteiger partial charge in [-0.3, -0.25) is 4.79 Å². The summed E-state index contributed by atoms with van der Waals surface area (Å²) in [4.78, 5) is 12.1. The SMILES string of the molecule is CC(Br)CCNC(=O)c1ccc(Cl)cc1Cl. The van der Waals surface area contributed by atoms with Crippen LogP contribution in [0.3, 0.4) is 0 Å². The molecule has 88 valence electrons. The highest BCUT2D eigenvalue weighted by atomic mass is 79.9. The Labute approximate surface area is 113 Å². The molecule has 0 heterocycles. The van der Waals surface area contributed by atoms with E-state index >= 15 is 0 Å². The largest absolute Gasteiger partial charge is 0.352 e. The average Bonchev–Trinajstić information content (AvgIpc) is 2.16. The van der Waals surface area contributed by atoms with Gasteiger partial charge in [-0.05, 0) is 24.6 Å². The summed E-state index contributed by atoms with van der Waals surface area (Å²) in [5, 5.41) is 3.69. The van der Waals surface area contributed by atoms with E-state index in [1.54, 1.807) is 18.2 Å². The third-order valence-electron chi connectivity index (χ3n) is 2.00. The molecule has 0 fully saturated rings. The second-order valence-corrected chi connectivity index (χ2v) is 5.86. The van der Waals surface area contributed by atoms with E-state index in [9.17, 15) is 4.79 Å². The van der Waals surface area contributed by atoms with E-state index in [-0.39, 0.29) is 5.91 Å². The first-order valence-corrected chi connectivity index (χ1v) is 6.55. The van der Waals surface area contributed by atoms with Crippen LogP contribution in [-0.2, 0) is 0 Å². The molecular formula is C11H12BrCl2NO. The number of carbonyl (C=O) groups excluding carboxylic acids is 1. The molecule has 0 aliphatic carbocycles. The van der Waals surface area contributed by atoms with Crippen molar-refractivity contribution in [3.63, 3.8) is 0 Å². The Bertz CT molecular complexity index is 382. The molecule has 1 unspecified atom stereocenters. The van der Waals surface area contributed by atoms with E-state index < -0.39 is 0 Å². The second-order valence-electron chi connectivity index (χ2n) is 3.45. The predicted octanol–water partition coefficient (Wildman–Crippen LogP) is 3.90. The first-order chi connectivity index (χ1) is 7.50. The number of benzene rings is 1. The summed E-state index contributed by atoms with van der Waals surface area (Å²) < 4.78 is 0. The van der Waals surface area contributed by atoms with Gasteiger partial charge in [-0.2, -0.15) is 0 Å². The molecule has 0 spiro atoms. The minimum Gasteiger partial charge on any atom is -0.352 e. The van der Waals surface area contributed by atoms with Crippen LogP contribution in [0.2, 0.25) is 10.0 Å². The lowest BCUT2D eigenvalue weighted by molar-refractivity contribution is 0.0953. The highest BCUT2D eigenvalue weighted by Crippen LogP contribution is 2.20. The molecule has 0 aromatic heterocycles. The van der Waals surface area contributed by atoms with E-state index in [0.29, 0.717) is 27.0 Å². The zero-order chi connectivity index (χ0) is 12.1. The van der Waals surface area contributed by atoms with Crippen molar-refractivity contribution in [2.24, 2.45) is 0 Å². The van der Waals surface area contributed by atoms with Crippen molar-refractivity contribution in [3.8, 4) is 0 Å². The van der Waals surface area contributed by atoms with E-state index in [1.165, 1.54) is 0 Å². The van der Waals surface area contributed by atoms with Crippen molar-refractivity contribution < 1.29 is 4.79 Å². The number of halogens is 3. The molecule has 0 saturated heterocycles. The molecule has 5 heteroatoms. The Hall–Kier alpha value is -0.250. The topological polar surface area (TPSA) is 29.1 Å². The lowest BCUT2D eigenvalue weighted by atomic mass is 10.2. The number of rotatable bonds is 4. The molecule has 0 bridgehead atoms. The van der Waals surface area contributed by atoms with Crippen LogP contribution in [0.25, 0.3) is 0 Å². The van der Waals surface area contributed by atoms with Crippen molar-refractivity contribution in [1.82, 2.24) is 5.32 Å². The van der Waals surface area contributed by atoms with E-state index in [2.05, 4.69) is 21.2 Å². The van der Waals surface area contributed by atoms with E-state index in [4.69, 9.17) is 23.2 Å². The Balaban J connectivity index is 2.59. The van der Waals surface area contributed by atoms with Gasteiger partial charge in [0, 0.05) is 16.4 Å². The van der Waals surface area contributed by atoms with Gasteiger partial charge in [0.15, 0.2) is 0 Å². The summed E-state index contributed by atoms with van der Waals surface area (Å²) in [5.74, 6) is -0.171. The summed E-state index contributed by atoms with van der Waals surface area (Å²) in [6.45, 7) is 2.64. The van der Waals surface area contributed by atoms with Crippen molar-refractivity contribution in [3.05, 3.63) is 33.8 Å². The summed E-state index contributed by atoms with van der Waals surface area (Å²) in [7, 11) is 0. The normalized spacial score (nSPS) is 12.2. The lowest BCUT2D eigenvalue weighted by Crippen LogP contribution is -2.25. The highest BCUT2D eigenvalue weighted by molar-refractivity contribution is 9.09. The minimum absolute atomic E-state index is 0.171. The van der Waals surface area contributed by atoms with Gasteiger partial charge in [-0.25, -0.2) is 0 Å². The van der Waals surface area contributed by atoms with Crippen LogP contribution in [-0.4, -0.2) is 17.3 Å². The van der Waals surface area contributed by atoms with E-state index in [1.807, 2.05) is 6.92 Å². The van der Waals surface area contributed by atoms with Crippen LogP contribution in [0.1, 0.15) is 23.7 Å². The van der Waals surface area contributed by atoms with Gasteiger partial charge in [0.1, 0.15) is 0 Å². The van der Waals surface area contributed by atoms with Gasteiger partial charge in [0.2, 0.25) is 0 Å². The number of hydrogen-bond donors (Lipinski definition) is 1. The Morgan fingerprint density at radius 2 is 2.19 bits per heavy atom. The Kier molecular flexibility index (Phi) is 5.59. The fraction of sp³-hybridized carbons (Fsp3) is 0.364. The van der Waals surface area contributed by atoms with Gasteiger partial charge in [0.05, 0.1) is 10.6 Å². The molecule has 0 aliphatic heterocycles. The van der Waals surface area contributed by atoms with E-state index in [0.717, 1.165) is 6.42 Å². The third kappa shape index (κ3) is 4.32. The predicted molar refractivity (Wildman–Crippen MR) is 71.8 cm³/mol. The maximum Gasteiger partial charge on any atom is 0.252 e. The monoisotopic (exact) mass is 323 g/mol. The van der Waals surface area contributed by atoms with Gasteiger partial charge < -0.3 is 5.32 Å². The molecule has 0 saturated carbocycles. The van der Waals surface area contributed by atoms with Gasteiger partial charge in [-0.15, -0.1) is 0 Å². The van der Waals surface area contributed by atoms with Crippen molar-refractivity contribution in [2.45, 2.75) is 18.2 Å². The van der Waals surface area contributed by atoms with Gasteiger partial charge in [0.25, 0.3) is 5.91 Å². The quantitative estimate of drug-likeness (QED) is 0.836. The molecule has 2 nitrogen and oxygen atoms in total. The van der Waals surface area contributed by atoms with Crippen LogP contribution in [0, 0.1) is 0 Å². The van der Waals surface area contributed by atoms with Crippen LogP contribution in [0.5, 0.6) is 0 Å². The van der Waals surface area contributed by atoms with Gasteiger partial charge in [-0.1, -0.05) is 46.1 Å². The van der Waals surface area contributed by atoms with Crippen molar-refractivity contribution >= 4 is 45.0 Å². The second kappa shape index (κ2) is 6.48. The third-order valence-corrected chi connectivity index (χ3v) is 3.01. The Morgan fingerprint density at radius 1 is 1.50 bits per heavy atom. The van der Waals surface area contributed by atoms with Gasteiger partial charge >= 0.3 is 0 Å². The molecular weight excluding hydrogens is 313 g/mol. The molecule has 1 N–H and O–H groups in total. The smallest absolute Gasteiger partial charge is 0.252 e. The zero-order valence-electron chi connectivity index (χ0n) is 8.77. The summed E-state index contributed by atoms with van der Waals surface area (Å²) >= 11 is 15.1. The maximum atomic E-state index is 11.7. The number of amides is 1. The van der Waals surface area contributed by atoms with Crippen LogP contribution in [0.4, 0.5) is 0 Å². The van der Waals surface area contributed by atoms with Crippen LogP contribution < -0.4 is 5.32 Å². The van der Waals surface area contributed by atoms with Crippen molar-refractivity contribution in [1.29, 1.82) is 0 Å². The molecule has 1 aromatic carbocycles. The average molecular weight is 325 g/mol. The van der Waals surface area contributed by atoms with Crippen LogP contribution >= 0.6 is 39.1 Å². The van der Waals surface area contributed by atoms with Crippen LogP contribution in [0.15, 0.2) is 18.2 Å². The number of alkyl halides is 1. The molecule has 1 rings (SSSR count). The fourth-order valence-corrected chi connectivity index (χ4v) is 1.88. The summed E-state index contributed by atoms with van der Waals surface area (Å²) in [5.41, 5.74) is 0.452. The molecule has 1 atom stereocenters. The molecule has 0 aliphatic rings. The molecule has 0 radical (unpaired) electrons. The minimum atomic E-state index is -0.171. The molecule has 16 heavy (non-hydrogen) atoms. The fourth-order valence-electron chi connectivity index (χ4n) is 1.15. The standard InChI is InChI=1S/C11H12BrCl2NO/c1-7(12)4-5-15-11(16)9-3-2-8(13)6-10(9)14/h2-3,6-7H,4-5H2,1H3,(H,15,16). The van der Waals surface area contributed by atoms with Crippen molar-refractivity contribution in [2.75, 3.05) is 6.54 Å². The summed E-state index contributed by atoms with van der Waals surface area (Å²) in [6, 6.07) is 4.83. The lowest BCUT2D eigenvalue weighted by Gasteiger charge is -2.07. The number of hydrogen-bond acceptors (Lipinski definition) is 1. The number of carbonyl (C=O) groups is 1. The zero-order valence-corrected chi connectivity index (χ0v) is 11.9. The first-order valence-electron chi connectivity index (χ1n) is 4.88. The maximum absolute atomic E-state index is 11.7. The number of nitrogens with one attached hydrogen (secondary N) is 1. The molecule has 1 amide bonds. The first kappa shape index (κ1) is 13.8. The molecule has 1 aromatic rings. The highest BCUT2D eigenvalue weighted by Gasteiger charge is 2.10. The Morgan fingerprint density at radius 3 is 2.75 bits per heavy atom.